The van der Waals surface area contributed by atoms with Gasteiger partial charge in [0.25, 0.3) is 10.0 Å². The Hall–Kier alpha value is -1.44. The minimum Gasteiger partial charge on any atom is -0.313 e. The van der Waals surface area contributed by atoms with Gasteiger partial charge in [-0.15, -0.1) is 11.3 Å². The van der Waals surface area contributed by atoms with Crippen LogP contribution < -0.4 is 10.0 Å². The van der Waals surface area contributed by atoms with Gasteiger partial charge in [0.05, 0.1) is 5.69 Å². The van der Waals surface area contributed by atoms with Crippen LogP contribution in [-0.4, -0.2) is 15.0 Å². The van der Waals surface area contributed by atoms with E-state index in [0.29, 0.717) is 6.54 Å². The van der Waals surface area contributed by atoms with Crippen LogP contribution in [0, 0.1) is 12.7 Å². The number of hydrogen-bond donors (Lipinski definition) is 2. The molecule has 0 aliphatic rings. The third-order valence-electron chi connectivity index (χ3n) is 2.99. The zero-order chi connectivity index (χ0) is 15.5. The van der Waals surface area contributed by atoms with E-state index in [4.69, 9.17) is 0 Å². The minimum absolute atomic E-state index is 0.221. The Labute approximate surface area is 128 Å². The quantitative estimate of drug-likeness (QED) is 0.856. The zero-order valence-corrected chi connectivity index (χ0v) is 13.4. The smallest absolute Gasteiger partial charge is 0.271 e. The van der Waals surface area contributed by atoms with Crippen molar-refractivity contribution in [2.75, 3.05) is 11.3 Å². The molecule has 0 fully saturated rings. The van der Waals surface area contributed by atoms with Gasteiger partial charge in [-0.05, 0) is 42.6 Å². The summed E-state index contributed by atoms with van der Waals surface area (Å²) < 4.78 is 40.7. The summed E-state index contributed by atoms with van der Waals surface area (Å²) >= 11 is 1.15. The Morgan fingerprint density at radius 3 is 2.81 bits per heavy atom. The Bertz CT molecular complexity index is 726. The van der Waals surface area contributed by atoms with Gasteiger partial charge in [-0.2, -0.15) is 0 Å². The van der Waals surface area contributed by atoms with Crippen molar-refractivity contribution in [3.05, 3.63) is 46.6 Å². The lowest BCUT2D eigenvalue weighted by Gasteiger charge is -2.09. The van der Waals surface area contributed by atoms with E-state index in [-0.39, 0.29) is 15.5 Å². The van der Waals surface area contributed by atoms with Gasteiger partial charge in [0.2, 0.25) is 0 Å². The molecular formula is C14H17FN2O2S2. The van der Waals surface area contributed by atoms with Gasteiger partial charge in [0.15, 0.2) is 0 Å². The van der Waals surface area contributed by atoms with Crippen molar-refractivity contribution in [1.82, 2.24) is 5.32 Å². The van der Waals surface area contributed by atoms with E-state index in [0.717, 1.165) is 23.4 Å². The standard InChI is InChI=1S/C14H17FN2O2S2/c1-3-16-8-11-7-14(20-9-11)21(18,19)17-13-6-4-5-12(15)10(13)2/h4-7,9,16-17H,3,8H2,1-2H3. The van der Waals surface area contributed by atoms with Crippen molar-refractivity contribution in [3.63, 3.8) is 0 Å². The maximum absolute atomic E-state index is 13.5. The molecule has 0 spiro atoms. The van der Waals surface area contributed by atoms with Crippen molar-refractivity contribution in [2.24, 2.45) is 0 Å². The van der Waals surface area contributed by atoms with E-state index in [1.807, 2.05) is 6.92 Å². The van der Waals surface area contributed by atoms with Gasteiger partial charge < -0.3 is 5.32 Å². The highest BCUT2D eigenvalue weighted by Crippen LogP contribution is 2.25. The maximum atomic E-state index is 13.5. The van der Waals surface area contributed by atoms with Crippen LogP contribution in [0.3, 0.4) is 0 Å². The molecule has 0 atom stereocenters. The van der Waals surface area contributed by atoms with Crippen molar-refractivity contribution >= 4 is 27.0 Å². The van der Waals surface area contributed by atoms with Crippen molar-refractivity contribution in [1.29, 1.82) is 0 Å². The minimum atomic E-state index is -3.68. The Balaban J connectivity index is 2.22. The molecule has 0 unspecified atom stereocenters. The third-order valence-corrected chi connectivity index (χ3v) is 5.84. The number of hydrogen-bond acceptors (Lipinski definition) is 4. The zero-order valence-electron chi connectivity index (χ0n) is 11.8. The van der Waals surface area contributed by atoms with Gasteiger partial charge in [0.1, 0.15) is 10.0 Å². The fraction of sp³-hybridized carbons (Fsp3) is 0.286. The van der Waals surface area contributed by atoms with Crippen LogP contribution in [0.4, 0.5) is 10.1 Å². The molecule has 0 aliphatic carbocycles. The third kappa shape index (κ3) is 3.81. The van der Waals surface area contributed by atoms with Gasteiger partial charge in [-0.3, -0.25) is 4.72 Å². The second kappa shape index (κ2) is 6.55. The topological polar surface area (TPSA) is 58.2 Å². The molecule has 1 aromatic heterocycles. The molecule has 0 bridgehead atoms. The highest BCUT2D eigenvalue weighted by atomic mass is 32.2. The average Bonchev–Trinajstić information content (AvgIpc) is 2.91. The maximum Gasteiger partial charge on any atom is 0.271 e. The molecule has 7 heteroatoms. The van der Waals surface area contributed by atoms with E-state index >= 15 is 0 Å². The van der Waals surface area contributed by atoms with E-state index in [2.05, 4.69) is 10.0 Å². The first-order valence-corrected chi connectivity index (χ1v) is 8.86. The summed E-state index contributed by atoms with van der Waals surface area (Å²) in [6.45, 7) is 4.97. The molecule has 21 heavy (non-hydrogen) atoms. The number of benzene rings is 1. The first-order valence-electron chi connectivity index (χ1n) is 6.50. The molecule has 0 aliphatic heterocycles. The van der Waals surface area contributed by atoms with E-state index in [9.17, 15) is 12.8 Å². The lowest BCUT2D eigenvalue weighted by Crippen LogP contribution is -2.13. The number of halogens is 1. The average molecular weight is 328 g/mol. The van der Waals surface area contributed by atoms with Crippen LogP contribution in [0.2, 0.25) is 0 Å². The molecule has 1 heterocycles. The molecule has 0 saturated carbocycles. The van der Waals surface area contributed by atoms with E-state index in [1.165, 1.54) is 19.1 Å². The van der Waals surface area contributed by atoms with Crippen LogP contribution in [-0.2, 0) is 16.6 Å². The van der Waals surface area contributed by atoms with Crippen LogP contribution >= 0.6 is 11.3 Å². The Morgan fingerprint density at radius 1 is 1.33 bits per heavy atom. The van der Waals surface area contributed by atoms with Crippen LogP contribution in [0.15, 0.2) is 33.9 Å². The molecular weight excluding hydrogens is 311 g/mol. The van der Waals surface area contributed by atoms with Gasteiger partial charge in [0, 0.05) is 12.1 Å². The second-order valence-corrected chi connectivity index (χ2v) is 7.39. The Kier molecular flexibility index (Phi) is 4.97. The number of thiophene rings is 1. The fourth-order valence-electron chi connectivity index (χ4n) is 1.77. The molecule has 2 N–H and O–H groups in total. The van der Waals surface area contributed by atoms with Crippen LogP contribution in [0.25, 0.3) is 0 Å². The molecule has 0 amide bonds. The number of nitrogens with one attached hydrogen (secondary N) is 2. The fourth-order valence-corrected chi connectivity index (χ4v) is 4.10. The first-order chi connectivity index (χ1) is 9.94. The highest BCUT2D eigenvalue weighted by Gasteiger charge is 2.18. The monoisotopic (exact) mass is 328 g/mol. The van der Waals surface area contributed by atoms with Crippen LogP contribution in [0.1, 0.15) is 18.1 Å². The Morgan fingerprint density at radius 2 is 2.10 bits per heavy atom. The summed E-state index contributed by atoms with van der Waals surface area (Å²) in [6.07, 6.45) is 0. The number of anilines is 1. The van der Waals surface area contributed by atoms with E-state index < -0.39 is 15.8 Å². The molecule has 0 saturated heterocycles. The molecule has 0 radical (unpaired) electrons. The normalized spacial score (nSPS) is 11.6. The van der Waals surface area contributed by atoms with Gasteiger partial charge >= 0.3 is 0 Å². The second-order valence-electron chi connectivity index (χ2n) is 4.57. The molecule has 4 nitrogen and oxygen atoms in total. The molecule has 1 aromatic carbocycles. The van der Waals surface area contributed by atoms with Crippen molar-refractivity contribution in [2.45, 2.75) is 24.6 Å². The summed E-state index contributed by atoms with van der Waals surface area (Å²) in [5.41, 5.74) is 1.46. The van der Waals surface area contributed by atoms with Gasteiger partial charge in [-0.1, -0.05) is 13.0 Å². The lowest BCUT2D eigenvalue weighted by molar-refractivity contribution is 0.602. The van der Waals surface area contributed by atoms with Crippen molar-refractivity contribution < 1.29 is 12.8 Å². The molecule has 2 aromatic rings. The van der Waals surface area contributed by atoms with E-state index in [1.54, 1.807) is 17.5 Å². The summed E-state index contributed by atoms with van der Waals surface area (Å²) in [5, 5.41) is 4.94. The highest BCUT2D eigenvalue weighted by molar-refractivity contribution is 7.94. The SMILES string of the molecule is CCNCc1csc(S(=O)(=O)Nc2cccc(F)c2C)c1. The molecule has 114 valence electrons. The summed E-state index contributed by atoms with van der Waals surface area (Å²) in [6, 6.07) is 5.95. The summed E-state index contributed by atoms with van der Waals surface area (Å²) in [7, 11) is -3.68. The van der Waals surface area contributed by atoms with Crippen molar-refractivity contribution in [3.8, 4) is 0 Å². The summed E-state index contributed by atoms with van der Waals surface area (Å²) in [4.78, 5) is 0. The summed E-state index contributed by atoms with van der Waals surface area (Å²) in [5.74, 6) is -0.436. The van der Waals surface area contributed by atoms with Gasteiger partial charge in [-0.25, -0.2) is 12.8 Å². The number of sulfonamides is 1. The largest absolute Gasteiger partial charge is 0.313 e. The predicted molar refractivity (Wildman–Crippen MR) is 83.6 cm³/mol. The predicted octanol–water partition coefficient (Wildman–Crippen LogP) is 3.11. The molecule has 2 rings (SSSR count). The lowest BCUT2D eigenvalue weighted by atomic mass is 10.2. The first kappa shape index (κ1) is 15.9. The number of rotatable bonds is 6. The van der Waals surface area contributed by atoms with Crippen LogP contribution in [0.5, 0.6) is 0 Å².